The first-order valence-electron chi connectivity index (χ1n) is 7.67. The molecule has 1 fully saturated rings. The molecular weight excluding hydrogens is 232 g/mol. The molecule has 0 N–H and O–H groups in total. The van der Waals surface area contributed by atoms with Gasteiger partial charge < -0.3 is 0 Å². The Morgan fingerprint density at radius 3 is 2.47 bits per heavy atom. The maximum Gasteiger partial charge on any atom is 0.0599 e. The molecule has 1 saturated carbocycles. The van der Waals surface area contributed by atoms with Gasteiger partial charge in [0.2, 0.25) is 0 Å². The molecule has 19 heavy (non-hydrogen) atoms. The summed E-state index contributed by atoms with van der Waals surface area (Å²) in [5.41, 5.74) is 3.49. The molecule has 1 aromatic carbocycles. The molecule has 1 spiro atoms. The van der Waals surface area contributed by atoms with E-state index < -0.39 is 0 Å². The third-order valence-electron chi connectivity index (χ3n) is 5.29. The van der Waals surface area contributed by atoms with E-state index >= 15 is 0 Å². The lowest BCUT2D eigenvalue weighted by Crippen LogP contribution is -2.51. The van der Waals surface area contributed by atoms with Gasteiger partial charge in [-0.05, 0) is 45.0 Å². The molecule has 3 rings (SSSR count). The lowest BCUT2D eigenvalue weighted by atomic mass is 9.76. The zero-order valence-electron chi connectivity index (χ0n) is 12.5. The third kappa shape index (κ3) is 2.02. The molecule has 2 heteroatoms. The zero-order valence-corrected chi connectivity index (χ0v) is 12.5. The van der Waals surface area contributed by atoms with Gasteiger partial charge in [-0.3, -0.25) is 9.80 Å². The maximum absolute atomic E-state index is 2.75. The molecule has 0 radical (unpaired) electrons. The van der Waals surface area contributed by atoms with Crippen molar-refractivity contribution in [3.63, 3.8) is 0 Å². The zero-order chi connectivity index (χ0) is 13.5. The fourth-order valence-electron chi connectivity index (χ4n) is 4.06. The summed E-state index contributed by atoms with van der Waals surface area (Å²) in [5.74, 6) is 0. The highest BCUT2D eigenvalue weighted by atomic mass is 15.4. The smallest absolute Gasteiger partial charge is 0.0599 e. The fourth-order valence-corrected chi connectivity index (χ4v) is 4.06. The van der Waals surface area contributed by atoms with Gasteiger partial charge in [0, 0.05) is 12.1 Å². The van der Waals surface area contributed by atoms with Crippen molar-refractivity contribution in [2.24, 2.45) is 0 Å². The third-order valence-corrected chi connectivity index (χ3v) is 5.29. The highest BCUT2D eigenvalue weighted by Crippen LogP contribution is 2.49. The van der Waals surface area contributed by atoms with Gasteiger partial charge in [0.25, 0.3) is 0 Å². The van der Waals surface area contributed by atoms with Crippen LogP contribution in [0, 0.1) is 0 Å². The van der Waals surface area contributed by atoms with E-state index in [-0.39, 0.29) is 0 Å². The monoisotopic (exact) mass is 258 g/mol. The van der Waals surface area contributed by atoms with Crippen molar-refractivity contribution < 1.29 is 0 Å². The minimum Gasteiger partial charge on any atom is -0.294 e. The highest BCUT2D eigenvalue weighted by molar-refractivity contribution is 5.39. The van der Waals surface area contributed by atoms with E-state index in [1.54, 1.807) is 11.1 Å². The molecule has 0 saturated heterocycles. The summed E-state index contributed by atoms with van der Waals surface area (Å²) in [6, 6.07) is 9.12. The fraction of sp³-hybridized carbons (Fsp3) is 0.647. The van der Waals surface area contributed by atoms with Gasteiger partial charge in [0.1, 0.15) is 0 Å². The Morgan fingerprint density at radius 1 is 1.11 bits per heavy atom. The number of benzene rings is 1. The van der Waals surface area contributed by atoms with Crippen molar-refractivity contribution in [2.45, 2.75) is 57.3 Å². The van der Waals surface area contributed by atoms with Crippen LogP contribution in [0.25, 0.3) is 0 Å². The summed E-state index contributed by atoms with van der Waals surface area (Å²) in [4.78, 5) is 5.10. The van der Waals surface area contributed by atoms with Crippen molar-refractivity contribution in [1.82, 2.24) is 9.80 Å². The summed E-state index contributed by atoms with van der Waals surface area (Å²) in [6.07, 6.45) is 7.35. The van der Waals surface area contributed by atoms with Crippen LogP contribution < -0.4 is 0 Å². The van der Waals surface area contributed by atoms with Gasteiger partial charge >= 0.3 is 0 Å². The Kier molecular flexibility index (Phi) is 3.40. The first-order valence-corrected chi connectivity index (χ1v) is 7.67. The average molecular weight is 258 g/mol. The molecule has 2 nitrogen and oxygen atoms in total. The van der Waals surface area contributed by atoms with Crippen LogP contribution in [0.5, 0.6) is 0 Å². The molecule has 1 aliphatic carbocycles. The van der Waals surface area contributed by atoms with E-state index in [0.29, 0.717) is 11.7 Å². The van der Waals surface area contributed by atoms with Crippen molar-refractivity contribution in [3.05, 3.63) is 35.4 Å². The predicted octanol–water partition coefficient (Wildman–Crippen LogP) is 3.57. The van der Waals surface area contributed by atoms with E-state index in [1.807, 2.05) is 0 Å². The second kappa shape index (κ2) is 4.92. The Bertz CT molecular complexity index is 446. The normalized spacial score (nSPS) is 23.8. The molecule has 104 valence electrons. The molecule has 0 aromatic heterocycles. The lowest BCUT2D eigenvalue weighted by Gasteiger charge is -2.47. The maximum atomic E-state index is 2.75. The molecule has 1 atom stereocenters. The highest BCUT2D eigenvalue weighted by Gasteiger charge is 2.47. The standard InChI is InChI=1S/C17H26N2/c1-14(18(2)3)19-13-15-9-5-6-10-16(15)17(19)11-7-4-8-12-17/h5-6,9-10,14H,4,7-8,11-13H2,1-3H3. The predicted molar refractivity (Wildman–Crippen MR) is 79.9 cm³/mol. The number of hydrogen-bond donors (Lipinski definition) is 0. The quantitative estimate of drug-likeness (QED) is 0.800. The van der Waals surface area contributed by atoms with Crippen molar-refractivity contribution >= 4 is 0 Å². The summed E-state index contributed by atoms with van der Waals surface area (Å²) < 4.78 is 0. The van der Waals surface area contributed by atoms with Crippen molar-refractivity contribution in [2.75, 3.05) is 14.1 Å². The molecule has 2 aliphatic rings. The molecular formula is C17H26N2. The molecule has 1 unspecified atom stereocenters. The van der Waals surface area contributed by atoms with Gasteiger partial charge in [-0.25, -0.2) is 0 Å². The Balaban J connectivity index is 2.02. The number of fused-ring (bicyclic) bond motifs is 2. The molecule has 0 amide bonds. The molecule has 1 aromatic rings. The first-order chi connectivity index (χ1) is 9.15. The van der Waals surface area contributed by atoms with E-state index in [0.717, 1.165) is 6.54 Å². The number of nitrogens with zero attached hydrogens (tertiary/aromatic N) is 2. The van der Waals surface area contributed by atoms with Crippen LogP contribution in [0.15, 0.2) is 24.3 Å². The average Bonchev–Trinajstić information content (AvgIpc) is 2.74. The van der Waals surface area contributed by atoms with Gasteiger partial charge in [-0.15, -0.1) is 0 Å². The lowest BCUT2D eigenvalue weighted by molar-refractivity contribution is -0.0256. The van der Waals surface area contributed by atoms with Crippen LogP contribution in [-0.4, -0.2) is 30.1 Å². The van der Waals surface area contributed by atoms with Crippen LogP contribution in [-0.2, 0) is 12.1 Å². The van der Waals surface area contributed by atoms with Crippen LogP contribution >= 0.6 is 0 Å². The van der Waals surface area contributed by atoms with Gasteiger partial charge in [-0.2, -0.15) is 0 Å². The van der Waals surface area contributed by atoms with Crippen LogP contribution in [0.4, 0.5) is 0 Å². The van der Waals surface area contributed by atoms with E-state index in [9.17, 15) is 0 Å². The van der Waals surface area contributed by atoms with Crippen molar-refractivity contribution in [3.8, 4) is 0 Å². The SMILES string of the molecule is CC(N(C)C)N1Cc2ccccc2C12CCCCC2. The number of hydrogen-bond acceptors (Lipinski definition) is 2. The second-order valence-electron chi connectivity index (χ2n) is 6.47. The second-order valence-corrected chi connectivity index (χ2v) is 6.47. The van der Waals surface area contributed by atoms with Crippen LogP contribution in [0.1, 0.15) is 50.2 Å². The summed E-state index contributed by atoms with van der Waals surface area (Å²) in [6.45, 7) is 3.47. The molecule has 0 bridgehead atoms. The van der Waals surface area contributed by atoms with Crippen LogP contribution in [0.2, 0.25) is 0 Å². The van der Waals surface area contributed by atoms with E-state index in [1.165, 1.54) is 32.1 Å². The van der Waals surface area contributed by atoms with E-state index in [2.05, 4.69) is 55.1 Å². The Morgan fingerprint density at radius 2 is 1.79 bits per heavy atom. The molecule has 1 aliphatic heterocycles. The Hall–Kier alpha value is -0.860. The topological polar surface area (TPSA) is 6.48 Å². The largest absolute Gasteiger partial charge is 0.294 e. The van der Waals surface area contributed by atoms with E-state index in [4.69, 9.17) is 0 Å². The number of rotatable bonds is 2. The Labute approximate surface area is 117 Å². The van der Waals surface area contributed by atoms with Gasteiger partial charge in [0.15, 0.2) is 0 Å². The molecule has 1 heterocycles. The van der Waals surface area contributed by atoms with Gasteiger partial charge in [-0.1, -0.05) is 43.5 Å². The first kappa shape index (κ1) is 13.1. The summed E-state index contributed by atoms with van der Waals surface area (Å²) in [7, 11) is 4.40. The minimum absolute atomic E-state index is 0.318. The van der Waals surface area contributed by atoms with Crippen LogP contribution in [0.3, 0.4) is 0 Å². The van der Waals surface area contributed by atoms with Gasteiger partial charge in [0.05, 0.1) is 6.17 Å². The van der Waals surface area contributed by atoms with Crippen molar-refractivity contribution in [1.29, 1.82) is 0 Å². The summed E-state index contributed by atoms with van der Waals surface area (Å²) >= 11 is 0. The minimum atomic E-state index is 0.318. The summed E-state index contributed by atoms with van der Waals surface area (Å²) in [5, 5.41) is 0.